The number of hydrogen-bond acceptors (Lipinski definition) is 4. The third-order valence-corrected chi connectivity index (χ3v) is 3.33. The zero-order valence-electron chi connectivity index (χ0n) is 12.3. The van der Waals surface area contributed by atoms with E-state index in [1.165, 1.54) is 23.2 Å². The van der Waals surface area contributed by atoms with Gasteiger partial charge in [-0.05, 0) is 12.1 Å². The van der Waals surface area contributed by atoms with Gasteiger partial charge in [0.1, 0.15) is 0 Å². The summed E-state index contributed by atoms with van der Waals surface area (Å²) in [5, 5.41) is 2.69. The van der Waals surface area contributed by atoms with E-state index < -0.39 is 0 Å². The van der Waals surface area contributed by atoms with Crippen LogP contribution in [0.4, 0.5) is 0 Å². The maximum absolute atomic E-state index is 12.1. The summed E-state index contributed by atoms with van der Waals surface area (Å²) in [6.07, 6.45) is 2.93. The molecule has 0 saturated heterocycles. The van der Waals surface area contributed by atoms with Crippen molar-refractivity contribution in [1.82, 2.24) is 14.9 Å². The van der Waals surface area contributed by atoms with E-state index in [4.69, 9.17) is 4.42 Å². The molecule has 0 aliphatic heterocycles. The first-order valence-electron chi connectivity index (χ1n) is 7.17. The van der Waals surface area contributed by atoms with Crippen LogP contribution in [0, 0.1) is 0 Å². The first-order valence-corrected chi connectivity index (χ1v) is 7.17. The molecule has 23 heavy (non-hydrogen) atoms. The van der Waals surface area contributed by atoms with Crippen LogP contribution >= 0.6 is 0 Å². The monoisotopic (exact) mass is 309 g/mol. The molecule has 0 bridgehead atoms. The van der Waals surface area contributed by atoms with Gasteiger partial charge in [0.15, 0.2) is 5.76 Å². The van der Waals surface area contributed by atoms with Crippen LogP contribution in [-0.2, 0) is 6.54 Å². The first-order chi connectivity index (χ1) is 11.2. The van der Waals surface area contributed by atoms with Gasteiger partial charge in [-0.1, -0.05) is 30.3 Å². The Hall–Kier alpha value is -3.15. The Balaban J connectivity index is 1.63. The maximum Gasteiger partial charge on any atom is 0.287 e. The molecule has 6 heteroatoms. The lowest BCUT2D eigenvalue weighted by Gasteiger charge is -2.07. The molecule has 0 radical (unpaired) electrons. The fourth-order valence-corrected chi connectivity index (χ4v) is 2.15. The predicted molar refractivity (Wildman–Crippen MR) is 85.0 cm³/mol. The Kier molecular flexibility index (Phi) is 4.33. The summed E-state index contributed by atoms with van der Waals surface area (Å²) < 4.78 is 6.45. The Morgan fingerprint density at radius 2 is 2.00 bits per heavy atom. The van der Waals surface area contributed by atoms with E-state index in [1.54, 1.807) is 12.1 Å². The van der Waals surface area contributed by atoms with Crippen LogP contribution in [0.3, 0.4) is 0 Å². The Bertz CT molecular complexity index is 839. The minimum Gasteiger partial charge on any atom is -0.459 e. The Morgan fingerprint density at radius 1 is 1.17 bits per heavy atom. The van der Waals surface area contributed by atoms with Crippen LogP contribution in [0.2, 0.25) is 0 Å². The van der Waals surface area contributed by atoms with Gasteiger partial charge in [0.25, 0.3) is 11.5 Å². The molecule has 1 aromatic carbocycles. The van der Waals surface area contributed by atoms with Crippen LogP contribution in [0.5, 0.6) is 0 Å². The third kappa shape index (κ3) is 3.55. The molecule has 1 N–H and O–H groups in total. The highest BCUT2D eigenvalue weighted by atomic mass is 16.3. The lowest BCUT2D eigenvalue weighted by Crippen LogP contribution is -2.30. The van der Waals surface area contributed by atoms with Crippen molar-refractivity contribution >= 4 is 5.91 Å². The van der Waals surface area contributed by atoms with E-state index in [-0.39, 0.29) is 17.2 Å². The standard InChI is InChI=1S/C17H15N3O3/c21-16-11-14(13-5-2-1-3-6-13)19-12-20(16)9-8-18-17(22)15-7-4-10-23-15/h1-7,10-12H,8-9H2,(H,18,22). The number of amides is 1. The van der Waals surface area contributed by atoms with Crippen molar-refractivity contribution in [2.45, 2.75) is 6.54 Å². The molecule has 3 rings (SSSR count). The smallest absolute Gasteiger partial charge is 0.287 e. The van der Waals surface area contributed by atoms with Gasteiger partial charge in [-0.3, -0.25) is 14.2 Å². The van der Waals surface area contributed by atoms with Crippen molar-refractivity contribution in [3.63, 3.8) is 0 Å². The van der Waals surface area contributed by atoms with Gasteiger partial charge >= 0.3 is 0 Å². The summed E-state index contributed by atoms with van der Waals surface area (Å²) in [5.41, 5.74) is 1.36. The van der Waals surface area contributed by atoms with Crippen molar-refractivity contribution in [2.24, 2.45) is 0 Å². The van der Waals surface area contributed by atoms with Crippen LogP contribution in [-0.4, -0.2) is 22.0 Å². The molecular weight excluding hydrogens is 294 g/mol. The Labute approximate surface area is 132 Å². The number of benzene rings is 1. The Morgan fingerprint density at radius 3 is 2.70 bits per heavy atom. The second-order valence-corrected chi connectivity index (χ2v) is 4.91. The number of rotatable bonds is 5. The summed E-state index contributed by atoms with van der Waals surface area (Å²) in [7, 11) is 0. The average Bonchev–Trinajstić information content (AvgIpc) is 3.11. The van der Waals surface area contributed by atoms with Gasteiger partial charge in [0, 0.05) is 24.7 Å². The molecule has 0 aliphatic carbocycles. The molecule has 116 valence electrons. The number of nitrogens with one attached hydrogen (secondary N) is 1. The predicted octanol–water partition coefficient (Wildman–Crippen LogP) is 1.93. The van der Waals surface area contributed by atoms with Gasteiger partial charge in [-0.25, -0.2) is 4.98 Å². The van der Waals surface area contributed by atoms with E-state index in [2.05, 4.69) is 10.3 Å². The van der Waals surface area contributed by atoms with E-state index >= 15 is 0 Å². The molecule has 3 aromatic rings. The second kappa shape index (κ2) is 6.74. The SMILES string of the molecule is O=C(NCCn1cnc(-c2ccccc2)cc1=O)c1ccco1. The van der Waals surface area contributed by atoms with Crippen LogP contribution in [0.1, 0.15) is 10.6 Å². The van der Waals surface area contributed by atoms with Gasteiger partial charge in [0.05, 0.1) is 18.3 Å². The average molecular weight is 309 g/mol. The van der Waals surface area contributed by atoms with Gasteiger partial charge in [0.2, 0.25) is 0 Å². The molecule has 0 aliphatic rings. The summed E-state index contributed by atoms with van der Waals surface area (Å²) >= 11 is 0. The number of hydrogen-bond donors (Lipinski definition) is 1. The van der Waals surface area contributed by atoms with Crippen molar-refractivity contribution in [3.05, 3.63) is 77.2 Å². The molecule has 0 atom stereocenters. The normalized spacial score (nSPS) is 10.4. The van der Waals surface area contributed by atoms with Gasteiger partial charge in [-0.2, -0.15) is 0 Å². The van der Waals surface area contributed by atoms with E-state index in [9.17, 15) is 9.59 Å². The zero-order valence-corrected chi connectivity index (χ0v) is 12.3. The number of nitrogens with zero attached hydrogens (tertiary/aromatic N) is 2. The summed E-state index contributed by atoms with van der Waals surface area (Å²) in [6.45, 7) is 0.652. The molecule has 0 saturated carbocycles. The summed E-state index contributed by atoms with van der Waals surface area (Å²) in [5.74, 6) is -0.0631. The van der Waals surface area contributed by atoms with Crippen molar-refractivity contribution in [3.8, 4) is 11.3 Å². The largest absolute Gasteiger partial charge is 0.459 e. The molecule has 2 heterocycles. The van der Waals surface area contributed by atoms with E-state index in [0.29, 0.717) is 18.8 Å². The number of carbonyl (C=O) groups excluding carboxylic acids is 1. The number of carbonyl (C=O) groups is 1. The van der Waals surface area contributed by atoms with Gasteiger partial charge in [-0.15, -0.1) is 0 Å². The molecule has 0 fully saturated rings. The summed E-state index contributed by atoms with van der Waals surface area (Å²) in [4.78, 5) is 28.1. The fourth-order valence-electron chi connectivity index (χ4n) is 2.15. The highest BCUT2D eigenvalue weighted by Crippen LogP contribution is 2.13. The maximum atomic E-state index is 12.1. The van der Waals surface area contributed by atoms with Crippen LogP contribution in [0.25, 0.3) is 11.3 Å². The lowest BCUT2D eigenvalue weighted by molar-refractivity contribution is 0.0924. The van der Waals surface area contributed by atoms with E-state index in [1.807, 2.05) is 30.3 Å². The third-order valence-electron chi connectivity index (χ3n) is 3.33. The van der Waals surface area contributed by atoms with Crippen LogP contribution < -0.4 is 10.9 Å². The van der Waals surface area contributed by atoms with Crippen molar-refractivity contribution in [1.29, 1.82) is 0 Å². The van der Waals surface area contributed by atoms with E-state index in [0.717, 1.165) is 5.56 Å². The highest BCUT2D eigenvalue weighted by molar-refractivity contribution is 5.91. The molecule has 2 aromatic heterocycles. The first kappa shape index (κ1) is 14.8. The lowest BCUT2D eigenvalue weighted by atomic mass is 10.1. The number of aromatic nitrogens is 2. The second-order valence-electron chi connectivity index (χ2n) is 4.91. The summed E-state index contributed by atoms with van der Waals surface area (Å²) in [6, 6.07) is 14.2. The quantitative estimate of drug-likeness (QED) is 0.781. The van der Waals surface area contributed by atoms with Gasteiger partial charge < -0.3 is 9.73 Å². The van der Waals surface area contributed by atoms with Crippen molar-refractivity contribution < 1.29 is 9.21 Å². The highest BCUT2D eigenvalue weighted by Gasteiger charge is 2.07. The molecule has 6 nitrogen and oxygen atoms in total. The zero-order chi connectivity index (χ0) is 16.1. The fraction of sp³-hybridized carbons (Fsp3) is 0.118. The molecular formula is C17H15N3O3. The van der Waals surface area contributed by atoms with Crippen LogP contribution in [0.15, 0.2) is 70.3 Å². The minimum absolute atomic E-state index is 0.161. The minimum atomic E-state index is -0.308. The molecule has 0 unspecified atom stereocenters. The molecule has 0 spiro atoms. The number of furan rings is 1. The van der Waals surface area contributed by atoms with Crippen molar-refractivity contribution in [2.75, 3.05) is 6.54 Å². The molecule has 1 amide bonds. The topological polar surface area (TPSA) is 77.1 Å².